The van der Waals surface area contributed by atoms with Crippen molar-refractivity contribution in [3.05, 3.63) is 10.7 Å². The Morgan fingerprint density at radius 1 is 1.64 bits per heavy atom. The third-order valence-electron chi connectivity index (χ3n) is 0.866. The second kappa shape index (κ2) is 5.53. The molecule has 0 saturated carbocycles. The fourth-order valence-corrected chi connectivity index (χ4v) is 3.43. The van der Waals surface area contributed by atoms with Gasteiger partial charge in [-0.15, -0.1) is 11.8 Å². The Balaban J connectivity index is 3.91. The standard InChI is InChI=1S/C6H11Cl2OPS/c1-3-4-11-6(2)5-10(7,8)9/h5H,3-4H2,1-2H3/b6-5+. The van der Waals surface area contributed by atoms with Crippen LogP contribution >= 0.6 is 40.1 Å². The second-order valence-electron chi connectivity index (χ2n) is 2.09. The Bertz CT molecular complexity index is 187. The highest BCUT2D eigenvalue weighted by Gasteiger charge is 2.08. The van der Waals surface area contributed by atoms with Crippen LogP contribution in [0.25, 0.3) is 0 Å². The van der Waals surface area contributed by atoms with E-state index in [0.29, 0.717) is 0 Å². The van der Waals surface area contributed by atoms with Crippen molar-refractivity contribution in [2.24, 2.45) is 0 Å². The summed E-state index contributed by atoms with van der Waals surface area (Å²) in [6.45, 7) is 3.94. The molecule has 0 atom stereocenters. The van der Waals surface area contributed by atoms with E-state index in [1.165, 1.54) is 5.82 Å². The fraction of sp³-hybridized carbons (Fsp3) is 0.667. The highest BCUT2D eigenvalue weighted by molar-refractivity contribution is 8.11. The Labute approximate surface area is 81.5 Å². The molecule has 1 nitrogen and oxygen atoms in total. The summed E-state index contributed by atoms with van der Waals surface area (Å²) in [5.74, 6) is -0.563. The van der Waals surface area contributed by atoms with Crippen molar-refractivity contribution < 1.29 is 4.57 Å². The van der Waals surface area contributed by atoms with E-state index in [0.717, 1.165) is 17.1 Å². The molecule has 11 heavy (non-hydrogen) atoms. The first-order valence-corrected chi connectivity index (χ1v) is 7.84. The third kappa shape index (κ3) is 8.81. The van der Waals surface area contributed by atoms with Crippen molar-refractivity contribution >= 4 is 40.1 Å². The molecule has 0 fully saturated rings. The maximum Gasteiger partial charge on any atom is 0.275 e. The molecular weight excluding hydrogens is 222 g/mol. The topological polar surface area (TPSA) is 17.1 Å². The summed E-state index contributed by atoms with van der Waals surface area (Å²) in [6.07, 6.45) is 1.09. The van der Waals surface area contributed by atoms with Gasteiger partial charge in [0.2, 0.25) is 0 Å². The van der Waals surface area contributed by atoms with Crippen LogP contribution in [-0.2, 0) is 4.57 Å². The van der Waals surface area contributed by atoms with Crippen LogP contribution < -0.4 is 0 Å². The maximum atomic E-state index is 10.8. The summed E-state index contributed by atoms with van der Waals surface area (Å²) in [7, 11) is 0. The van der Waals surface area contributed by atoms with Crippen LogP contribution in [0.2, 0.25) is 0 Å². The van der Waals surface area contributed by atoms with Gasteiger partial charge in [-0.05, 0) is 46.5 Å². The molecule has 0 N–H and O–H groups in total. The van der Waals surface area contributed by atoms with Crippen molar-refractivity contribution in [1.82, 2.24) is 0 Å². The van der Waals surface area contributed by atoms with Gasteiger partial charge in [-0.3, -0.25) is 4.57 Å². The van der Waals surface area contributed by atoms with E-state index in [4.69, 9.17) is 22.5 Å². The smallest absolute Gasteiger partial charge is 0.275 e. The van der Waals surface area contributed by atoms with Crippen LogP contribution in [0.1, 0.15) is 20.3 Å². The van der Waals surface area contributed by atoms with Gasteiger partial charge < -0.3 is 0 Å². The minimum absolute atomic E-state index is 0.931. The molecule has 0 aliphatic heterocycles. The molecular formula is C6H11Cl2OPS. The number of rotatable bonds is 4. The Kier molecular flexibility index (Phi) is 5.98. The van der Waals surface area contributed by atoms with Gasteiger partial charge in [0.1, 0.15) is 0 Å². The van der Waals surface area contributed by atoms with E-state index in [-0.39, 0.29) is 0 Å². The number of thioether (sulfide) groups is 1. The molecule has 66 valence electrons. The maximum absolute atomic E-state index is 10.8. The molecule has 0 bridgehead atoms. The van der Waals surface area contributed by atoms with Crippen LogP contribution in [0.5, 0.6) is 0 Å². The molecule has 0 spiro atoms. The van der Waals surface area contributed by atoms with E-state index in [9.17, 15) is 4.57 Å². The Hall–Kier alpha value is 0.900. The predicted molar refractivity (Wildman–Crippen MR) is 55.8 cm³/mol. The zero-order valence-electron chi connectivity index (χ0n) is 6.51. The molecule has 0 aliphatic rings. The van der Waals surface area contributed by atoms with Crippen LogP contribution in [0, 0.1) is 0 Å². The molecule has 0 aliphatic carbocycles. The molecule has 0 amide bonds. The first-order valence-electron chi connectivity index (χ1n) is 3.27. The monoisotopic (exact) mass is 232 g/mol. The highest BCUT2D eigenvalue weighted by Crippen LogP contribution is 2.59. The molecule has 0 aromatic rings. The van der Waals surface area contributed by atoms with Crippen molar-refractivity contribution in [2.45, 2.75) is 20.3 Å². The van der Waals surface area contributed by atoms with Gasteiger partial charge in [0.25, 0.3) is 5.85 Å². The van der Waals surface area contributed by atoms with Crippen LogP contribution in [0.3, 0.4) is 0 Å². The van der Waals surface area contributed by atoms with Crippen molar-refractivity contribution in [2.75, 3.05) is 5.75 Å². The summed E-state index contributed by atoms with van der Waals surface area (Å²) in [6, 6.07) is 0. The molecule has 0 aromatic carbocycles. The molecule has 5 heteroatoms. The molecule has 0 radical (unpaired) electrons. The zero-order valence-corrected chi connectivity index (χ0v) is 9.73. The van der Waals surface area contributed by atoms with Crippen molar-refractivity contribution in [3.63, 3.8) is 0 Å². The first kappa shape index (κ1) is 11.9. The van der Waals surface area contributed by atoms with Gasteiger partial charge in [0, 0.05) is 5.82 Å². The number of hydrogen-bond acceptors (Lipinski definition) is 2. The molecule has 0 heterocycles. The van der Waals surface area contributed by atoms with Gasteiger partial charge in [0.05, 0.1) is 0 Å². The Morgan fingerprint density at radius 3 is 2.55 bits per heavy atom. The third-order valence-corrected chi connectivity index (χ3v) is 3.50. The van der Waals surface area contributed by atoms with Gasteiger partial charge in [-0.1, -0.05) is 6.92 Å². The zero-order chi connectivity index (χ0) is 8.91. The largest absolute Gasteiger partial charge is 0.285 e. The van der Waals surface area contributed by atoms with Crippen molar-refractivity contribution in [3.8, 4) is 0 Å². The quantitative estimate of drug-likeness (QED) is 0.656. The van der Waals surface area contributed by atoms with E-state index in [1.54, 1.807) is 11.8 Å². The summed E-state index contributed by atoms with van der Waals surface area (Å²) in [5, 5.41) is 0. The van der Waals surface area contributed by atoms with Crippen LogP contribution in [0.15, 0.2) is 10.7 Å². The van der Waals surface area contributed by atoms with Crippen LogP contribution in [0.4, 0.5) is 0 Å². The normalized spacial score (nSPS) is 13.6. The average molecular weight is 233 g/mol. The predicted octanol–water partition coefficient (Wildman–Crippen LogP) is 4.66. The highest BCUT2D eigenvalue weighted by atomic mass is 35.9. The number of halogens is 2. The summed E-state index contributed by atoms with van der Waals surface area (Å²) >= 11 is 12.3. The van der Waals surface area contributed by atoms with Crippen LogP contribution in [-0.4, -0.2) is 5.75 Å². The lowest BCUT2D eigenvalue weighted by atomic mass is 10.6. The summed E-state index contributed by atoms with van der Waals surface area (Å²) in [5.41, 5.74) is 0. The SMILES string of the molecule is CCCS/C(C)=C/P(=O)(Cl)Cl. The fourth-order valence-electron chi connectivity index (χ4n) is 0.512. The molecule has 0 aromatic heterocycles. The summed E-state index contributed by atoms with van der Waals surface area (Å²) < 4.78 is 10.8. The van der Waals surface area contributed by atoms with E-state index >= 15 is 0 Å². The minimum atomic E-state index is -3.00. The first-order chi connectivity index (χ1) is 4.95. The average Bonchev–Trinajstić information content (AvgIpc) is 1.79. The lowest BCUT2D eigenvalue weighted by Crippen LogP contribution is -1.72. The van der Waals surface area contributed by atoms with Gasteiger partial charge in [0.15, 0.2) is 0 Å². The number of allylic oxidation sites excluding steroid dienone is 1. The van der Waals surface area contributed by atoms with E-state index in [2.05, 4.69) is 6.92 Å². The lowest BCUT2D eigenvalue weighted by molar-refractivity contribution is 0.597. The van der Waals surface area contributed by atoms with Gasteiger partial charge >= 0.3 is 0 Å². The van der Waals surface area contributed by atoms with E-state index < -0.39 is 5.85 Å². The molecule has 0 rings (SSSR count). The number of hydrogen-bond donors (Lipinski definition) is 0. The molecule has 0 saturated heterocycles. The molecule has 0 unspecified atom stereocenters. The van der Waals surface area contributed by atoms with Gasteiger partial charge in [-0.2, -0.15) is 0 Å². The minimum Gasteiger partial charge on any atom is -0.285 e. The lowest BCUT2D eigenvalue weighted by Gasteiger charge is -1.99. The van der Waals surface area contributed by atoms with Gasteiger partial charge in [-0.25, -0.2) is 0 Å². The Morgan fingerprint density at radius 2 is 2.18 bits per heavy atom. The summed E-state index contributed by atoms with van der Waals surface area (Å²) in [4.78, 5) is 0.931. The van der Waals surface area contributed by atoms with Crippen molar-refractivity contribution in [1.29, 1.82) is 0 Å². The second-order valence-corrected chi connectivity index (χ2v) is 8.23. The van der Waals surface area contributed by atoms with E-state index in [1.807, 2.05) is 6.92 Å².